The highest BCUT2D eigenvalue weighted by Gasteiger charge is 2.27. The Morgan fingerprint density at radius 3 is 2.44 bits per heavy atom. The lowest BCUT2D eigenvalue weighted by molar-refractivity contribution is 0.0735. The highest BCUT2D eigenvalue weighted by Crippen LogP contribution is 2.32. The molecule has 0 N–H and O–H groups in total. The van der Waals surface area contributed by atoms with E-state index in [1.807, 2.05) is 6.07 Å². The first-order valence-corrected chi connectivity index (χ1v) is 12.8. The van der Waals surface area contributed by atoms with Gasteiger partial charge in [0.05, 0.1) is 33.9 Å². The summed E-state index contributed by atoms with van der Waals surface area (Å²) in [5.74, 6) is -0.110. The number of thiazole rings is 1. The van der Waals surface area contributed by atoms with Gasteiger partial charge in [0.15, 0.2) is 5.13 Å². The Morgan fingerprint density at radius 2 is 1.72 bits per heavy atom. The van der Waals surface area contributed by atoms with Gasteiger partial charge in [0.1, 0.15) is 5.75 Å². The van der Waals surface area contributed by atoms with Gasteiger partial charge >= 0.3 is 5.97 Å². The Kier molecular flexibility index (Phi) is 5.85. The first-order chi connectivity index (χ1) is 15.5. The standard InChI is InChI=1S/C22H23N3O5S2/c26-21(16-3-6-18(7-4-16)32(27,28)25-9-1-2-10-25)30-17-5-8-19-20(15-17)31-22(23-19)24-11-13-29-14-12-24/h3-8,15H,1-2,9-14H2. The molecule has 0 bridgehead atoms. The number of aromatic nitrogens is 1. The van der Waals surface area contributed by atoms with Crippen molar-refractivity contribution in [2.24, 2.45) is 0 Å². The van der Waals surface area contributed by atoms with E-state index >= 15 is 0 Å². The molecule has 0 unspecified atom stereocenters. The third kappa shape index (κ3) is 4.23. The molecule has 3 aromatic rings. The quantitative estimate of drug-likeness (QED) is 0.415. The number of carbonyl (C=O) groups is 1. The van der Waals surface area contributed by atoms with Crippen molar-refractivity contribution < 1.29 is 22.7 Å². The van der Waals surface area contributed by atoms with Crippen LogP contribution in [0.1, 0.15) is 23.2 Å². The van der Waals surface area contributed by atoms with Gasteiger partial charge in [-0.05, 0) is 49.2 Å². The van der Waals surface area contributed by atoms with E-state index in [0.29, 0.717) is 37.6 Å². The molecule has 0 spiro atoms. The molecule has 32 heavy (non-hydrogen) atoms. The summed E-state index contributed by atoms with van der Waals surface area (Å²) in [5.41, 5.74) is 1.15. The molecular formula is C22H23N3O5S2. The molecule has 2 aliphatic rings. The Morgan fingerprint density at radius 1 is 1.00 bits per heavy atom. The SMILES string of the molecule is O=C(Oc1ccc2nc(N3CCOCC3)sc2c1)c1ccc(S(=O)(=O)N2CCCC2)cc1. The highest BCUT2D eigenvalue weighted by molar-refractivity contribution is 7.89. The van der Waals surface area contributed by atoms with Crippen LogP contribution in [0.4, 0.5) is 5.13 Å². The number of morpholine rings is 1. The van der Waals surface area contributed by atoms with Crippen molar-refractivity contribution in [3.05, 3.63) is 48.0 Å². The number of esters is 1. The van der Waals surface area contributed by atoms with Gasteiger partial charge in [0.2, 0.25) is 10.0 Å². The zero-order chi connectivity index (χ0) is 22.1. The summed E-state index contributed by atoms with van der Waals surface area (Å²) >= 11 is 1.55. The molecule has 2 fully saturated rings. The zero-order valence-corrected chi connectivity index (χ0v) is 19.0. The van der Waals surface area contributed by atoms with Gasteiger partial charge in [-0.25, -0.2) is 18.2 Å². The molecule has 0 saturated carbocycles. The largest absolute Gasteiger partial charge is 0.423 e. The second-order valence-electron chi connectivity index (χ2n) is 7.75. The maximum absolute atomic E-state index is 12.6. The van der Waals surface area contributed by atoms with Crippen LogP contribution in [0.2, 0.25) is 0 Å². The molecule has 168 valence electrons. The zero-order valence-electron chi connectivity index (χ0n) is 17.4. The number of hydrogen-bond acceptors (Lipinski definition) is 8. The van der Waals surface area contributed by atoms with Crippen LogP contribution in [0.15, 0.2) is 47.4 Å². The van der Waals surface area contributed by atoms with E-state index in [1.54, 1.807) is 23.5 Å². The number of fused-ring (bicyclic) bond motifs is 1. The fourth-order valence-electron chi connectivity index (χ4n) is 3.85. The van der Waals surface area contributed by atoms with Gasteiger partial charge in [-0.3, -0.25) is 0 Å². The minimum atomic E-state index is -3.51. The molecule has 1 aromatic heterocycles. The number of rotatable bonds is 5. The van der Waals surface area contributed by atoms with Crippen LogP contribution in [-0.4, -0.2) is 63.1 Å². The molecule has 0 amide bonds. The third-order valence-electron chi connectivity index (χ3n) is 5.63. The van der Waals surface area contributed by atoms with E-state index in [2.05, 4.69) is 9.88 Å². The van der Waals surface area contributed by atoms with Crippen LogP contribution in [0.25, 0.3) is 10.2 Å². The molecule has 0 atom stereocenters. The summed E-state index contributed by atoms with van der Waals surface area (Å²) in [5, 5.41) is 0.932. The summed E-state index contributed by atoms with van der Waals surface area (Å²) in [6.45, 7) is 4.09. The second kappa shape index (κ2) is 8.78. The maximum atomic E-state index is 12.6. The maximum Gasteiger partial charge on any atom is 0.343 e. The second-order valence-corrected chi connectivity index (χ2v) is 10.7. The lowest BCUT2D eigenvalue weighted by atomic mass is 10.2. The van der Waals surface area contributed by atoms with E-state index in [-0.39, 0.29) is 4.90 Å². The van der Waals surface area contributed by atoms with Crippen molar-refractivity contribution >= 4 is 42.7 Å². The fourth-order valence-corrected chi connectivity index (χ4v) is 6.42. The Labute approximate surface area is 190 Å². The van der Waals surface area contributed by atoms with Gasteiger partial charge in [-0.1, -0.05) is 11.3 Å². The topological polar surface area (TPSA) is 89.0 Å². The number of nitrogens with zero attached hydrogens (tertiary/aromatic N) is 3. The summed E-state index contributed by atoms with van der Waals surface area (Å²) in [6.07, 6.45) is 1.75. The molecular weight excluding hydrogens is 450 g/mol. The van der Waals surface area contributed by atoms with E-state index in [9.17, 15) is 13.2 Å². The summed E-state index contributed by atoms with van der Waals surface area (Å²) < 4.78 is 38.6. The molecule has 8 nitrogen and oxygen atoms in total. The number of sulfonamides is 1. The monoisotopic (exact) mass is 473 g/mol. The predicted molar refractivity (Wildman–Crippen MR) is 122 cm³/mol. The summed E-state index contributed by atoms with van der Waals surface area (Å²) in [7, 11) is -3.51. The third-order valence-corrected chi connectivity index (χ3v) is 8.63. The molecule has 3 heterocycles. The number of benzene rings is 2. The van der Waals surface area contributed by atoms with E-state index in [0.717, 1.165) is 41.3 Å². The average Bonchev–Trinajstić information content (AvgIpc) is 3.50. The number of hydrogen-bond donors (Lipinski definition) is 0. The van der Waals surface area contributed by atoms with Crippen LogP contribution < -0.4 is 9.64 Å². The Hall–Kier alpha value is -2.53. The van der Waals surface area contributed by atoms with Gasteiger partial charge in [-0.15, -0.1) is 0 Å². The lowest BCUT2D eigenvalue weighted by Crippen LogP contribution is -2.36. The average molecular weight is 474 g/mol. The van der Waals surface area contributed by atoms with Crippen LogP contribution in [0.5, 0.6) is 5.75 Å². The lowest BCUT2D eigenvalue weighted by Gasteiger charge is -2.25. The minimum absolute atomic E-state index is 0.192. The fraction of sp³-hybridized carbons (Fsp3) is 0.364. The van der Waals surface area contributed by atoms with Crippen molar-refractivity contribution in [2.75, 3.05) is 44.3 Å². The molecule has 0 aliphatic carbocycles. The predicted octanol–water partition coefficient (Wildman–Crippen LogP) is 3.14. The Bertz CT molecular complexity index is 1230. The van der Waals surface area contributed by atoms with Crippen molar-refractivity contribution in [1.29, 1.82) is 0 Å². The normalized spacial score (nSPS) is 17.7. The van der Waals surface area contributed by atoms with Gasteiger partial charge in [0.25, 0.3) is 0 Å². The minimum Gasteiger partial charge on any atom is -0.423 e. The van der Waals surface area contributed by atoms with Crippen LogP contribution in [0.3, 0.4) is 0 Å². The highest BCUT2D eigenvalue weighted by atomic mass is 32.2. The van der Waals surface area contributed by atoms with Gasteiger partial charge < -0.3 is 14.4 Å². The summed E-state index contributed by atoms with van der Waals surface area (Å²) in [6, 6.07) is 11.3. The smallest absolute Gasteiger partial charge is 0.343 e. The number of ether oxygens (including phenoxy) is 2. The van der Waals surface area contributed by atoms with Crippen molar-refractivity contribution in [2.45, 2.75) is 17.7 Å². The first-order valence-electron chi connectivity index (χ1n) is 10.6. The molecule has 10 heteroatoms. The van der Waals surface area contributed by atoms with Crippen molar-refractivity contribution in [1.82, 2.24) is 9.29 Å². The molecule has 2 aromatic carbocycles. The molecule has 0 radical (unpaired) electrons. The molecule has 2 saturated heterocycles. The van der Waals surface area contributed by atoms with Crippen LogP contribution >= 0.6 is 11.3 Å². The van der Waals surface area contributed by atoms with E-state index < -0.39 is 16.0 Å². The number of anilines is 1. The van der Waals surface area contributed by atoms with Crippen LogP contribution in [0, 0.1) is 0 Å². The molecule has 2 aliphatic heterocycles. The first kappa shape index (κ1) is 21.3. The number of carbonyl (C=O) groups excluding carboxylic acids is 1. The van der Waals surface area contributed by atoms with Crippen molar-refractivity contribution in [3.63, 3.8) is 0 Å². The summed E-state index contributed by atoms with van der Waals surface area (Å²) in [4.78, 5) is 19.7. The van der Waals surface area contributed by atoms with Crippen LogP contribution in [-0.2, 0) is 14.8 Å². The van der Waals surface area contributed by atoms with Gasteiger partial charge in [-0.2, -0.15) is 4.31 Å². The van der Waals surface area contributed by atoms with Gasteiger partial charge in [0, 0.05) is 32.2 Å². The Balaban J connectivity index is 1.30. The molecule has 5 rings (SSSR count). The van der Waals surface area contributed by atoms with Crippen molar-refractivity contribution in [3.8, 4) is 5.75 Å². The van der Waals surface area contributed by atoms with E-state index in [4.69, 9.17) is 9.47 Å². The van der Waals surface area contributed by atoms with E-state index in [1.165, 1.54) is 28.6 Å².